The Morgan fingerprint density at radius 3 is 2.69 bits per heavy atom. The number of pyridine rings is 1. The number of piperidine rings is 1. The molecule has 3 aromatic heterocycles. The van der Waals surface area contributed by atoms with E-state index < -0.39 is 0 Å². The minimum Gasteiger partial charge on any atom is -0.360 e. The van der Waals surface area contributed by atoms with Crippen molar-refractivity contribution >= 4 is 17.2 Å². The van der Waals surface area contributed by atoms with E-state index in [1.807, 2.05) is 17.9 Å². The zero-order valence-electron chi connectivity index (χ0n) is 17.3. The Balaban J connectivity index is 1.42. The molecule has 0 saturated carbocycles. The predicted molar refractivity (Wildman–Crippen MR) is 115 cm³/mol. The summed E-state index contributed by atoms with van der Waals surface area (Å²) in [5.41, 5.74) is 3.94. The summed E-state index contributed by atoms with van der Waals surface area (Å²) in [6.45, 7) is 7.71. The lowest BCUT2D eigenvalue weighted by Gasteiger charge is -2.32. The maximum Gasteiger partial charge on any atom is 0.227 e. The summed E-state index contributed by atoms with van der Waals surface area (Å²) in [7, 11) is 0. The summed E-state index contributed by atoms with van der Waals surface area (Å²) >= 11 is 1.71. The fourth-order valence-corrected chi connectivity index (χ4v) is 4.95. The Morgan fingerprint density at radius 2 is 2.00 bits per heavy atom. The highest BCUT2D eigenvalue weighted by atomic mass is 32.1. The number of thiophene rings is 1. The average Bonchev–Trinajstić information content (AvgIpc) is 3.32. The lowest BCUT2D eigenvalue weighted by atomic mass is 9.92. The van der Waals surface area contributed by atoms with Crippen molar-refractivity contribution in [2.75, 3.05) is 13.1 Å². The van der Waals surface area contributed by atoms with E-state index in [-0.39, 0.29) is 5.91 Å². The fraction of sp³-hybridized carbons (Fsp3) is 0.435. The van der Waals surface area contributed by atoms with Crippen molar-refractivity contribution in [1.82, 2.24) is 15.0 Å². The topological polar surface area (TPSA) is 59.2 Å². The van der Waals surface area contributed by atoms with E-state index in [0.29, 0.717) is 12.3 Å². The molecule has 1 aliphatic heterocycles. The Labute approximate surface area is 175 Å². The summed E-state index contributed by atoms with van der Waals surface area (Å²) < 4.78 is 5.44. The number of amides is 1. The first-order valence-corrected chi connectivity index (χ1v) is 11.1. The molecule has 1 amide bonds. The van der Waals surface area contributed by atoms with Crippen LogP contribution in [0.1, 0.15) is 52.6 Å². The molecule has 0 aromatic carbocycles. The van der Waals surface area contributed by atoms with Crippen molar-refractivity contribution in [2.45, 2.75) is 52.4 Å². The highest BCUT2D eigenvalue weighted by molar-refractivity contribution is 7.12. The van der Waals surface area contributed by atoms with Crippen molar-refractivity contribution in [2.24, 2.45) is 0 Å². The Kier molecular flexibility index (Phi) is 5.81. The van der Waals surface area contributed by atoms with Crippen LogP contribution in [-0.2, 0) is 17.6 Å². The van der Waals surface area contributed by atoms with E-state index in [2.05, 4.69) is 43.3 Å². The van der Waals surface area contributed by atoms with Crippen LogP contribution in [0.5, 0.6) is 0 Å². The quantitative estimate of drug-likeness (QED) is 0.600. The Bertz CT molecular complexity index is 999. The summed E-state index contributed by atoms with van der Waals surface area (Å²) in [6.07, 6.45) is 3.22. The lowest BCUT2D eigenvalue weighted by molar-refractivity contribution is -0.131. The van der Waals surface area contributed by atoms with Gasteiger partial charge in [-0.2, -0.15) is 0 Å². The molecule has 152 valence electrons. The Morgan fingerprint density at radius 1 is 1.21 bits per heavy atom. The number of aromatic nitrogens is 2. The van der Waals surface area contributed by atoms with Crippen LogP contribution in [0, 0.1) is 13.8 Å². The molecule has 29 heavy (non-hydrogen) atoms. The van der Waals surface area contributed by atoms with E-state index in [4.69, 9.17) is 9.51 Å². The van der Waals surface area contributed by atoms with Gasteiger partial charge in [0.2, 0.25) is 5.91 Å². The van der Waals surface area contributed by atoms with E-state index in [1.165, 1.54) is 4.88 Å². The van der Waals surface area contributed by atoms with Crippen LogP contribution < -0.4 is 0 Å². The standard InChI is InChI=1S/C23H27N3O2S/c1-4-21-23(16(3)25-28-21)20-7-5-6-19(24-20)17-10-12-26(13-11-17)22(27)14-18-9-8-15(2)29-18/h5-9,17H,4,10-14H2,1-3H3. The molecule has 1 saturated heterocycles. The second-order valence-electron chi connectivity index (χ2n) is 7.71. The first-order chi connectivity index (χ1) is 14.0. The molecule has 6 heteroatoms. The van der Waals surface area contributed by atoms with Gasteiger partial charge in [-0.25, -0.2) is 0 Å². The van der Waals surface area contributed by atoms with Gasteiger partial charge in [-0.05, 0) is 51.0 Å². The van der Waals surface area contributed by atoms with Crippen molar-refractivity contribution in [1.29, 1.82) is 0 Å². The molecule has 4 heterocycles. The van der Waals surface area contributed by atoms with Gasteiger partial charge < -0.3 is 9.42 Å². The molecule has 0 radical (unpaired) electrons. The monoisotopic (exact) mass is 409 g/mol. The van der Waals surface area contributed by atoms with Gasteiger partial charge in [-0.1, -0.05) is 18.1 Å². The smallest absolute Gasteiger partial charge is 0.227 e. The fourth-order valence-electron chi connectivity index (χ4n) is 4.07. The van der Waals surface area contributed by atoms with Gasteiger partial charge in [0.15, 0.2) is 0 Å². The second kappa shape index (κ2) is 8.49. The van der Waals surface area contributed by atoms with Gasteiger partial charge in [-0.15, -0.1) is 11.3 Å². The van der Waals surface area contributed by atoms with E-state index >= 15 is 0 Å². The molecular formula is C23H27N3O2S. The first kappa shape index (κ1) is 19.8. The second-order valence-corrected chi connectivity index (χ2v) is 9.08. The highest BCUT2D eigenvalue weighted by Gasteiger charge is 2.25. The summed E-state index contributed by atoms with van der Waals surface area (Å²) in [4.78, 5) is 22.0. The summed E-state index contributed by atoms with van der Waals surface area (Å²) in [5.74, 6) is 1.50. The highest BCUT2D eigenvalue weighted by Crippen LogP contribution is 2.31. The number of rotatable bonds is 5. The third-order valence-corrected chi connectivity index (χ3v) is 6.67. The maximum absolute atomic E-state index is 12.6. The zero-order valence-corrected chi connectivity index (χ0v) is 18.1. The van der Waals surface area contributed by atoms with Gasteiger partial charge in [0.1, 0.15) is 5.76 Å². The molecule has 1 fully saturated rings. The molecule has 3 aromatic rings. The SMILES string of the molecule is CCc1onc(C)c1-c1cccc(C2CCN(C(=O)Cc3ccc(C)s3)CC2)n1. The van der Waals surface area contributed by atoms with Crippen LogP contribution in [-0.4, -0.2) is 34.0 Å². The van der Waals surface area contributed by atoms with Gasteiger partial charge in [-0.3, -0.25) is 9.78 Å². The predicted octanol–water partition coefficient (Wildman–Crippen LogP) is 4.93. The number of likely N-dealkylation sites (tertiary alicyclic amines) is 1. The molecule has 4 rings (SSSR count). The largest absolute Gasteiger partial charge is 0.360 e. The van der Waals surface area contributed by atoms with Gasteiger partial charge in [0, 0.05) is 40.9 Å². The lowest BCUT2D eigenvalue weighted by Crippen LogP contribution is -2.38. The Hall–Kier alpha value is -2.47. The zero-order chi connectivity index (χ0) is 20.4. The molecular weight excluding hydrogens is 382 g/mol. The minimum atomic E-state index is 0.236. The first-order valence-electron chi connectivity index (χ1n) is 10.3. The van der Waals surface area contributed by atoms with E-state index in [0.717, 1.165) is 65.6 Å². The number of nitrogens with zero attached hydrogens (tertiary/aromatic N) is 3. The molecule has 5 nitrogen and oxygen atoms in total. The van der Waals surface area contributed by atoms with Crippen LogP contribution in [0.2, 0.25) is 0 Å². The van der Waals surface area contributed by atoms with E-state index in [9.17, 15) is 4.79 Å². The summed E-state index contributed by atoms with van der Waals surface area (Å²) in [6, 6.07) is 10.4. The van der Waals surface area contributed by atoms with Gasteiger partial charge in [0.05, 0.1) is 23.4 Å². The molecule has 0 atom stereocenters. The van der Waals surface area contributed by atoms with Gasteiger partial charge in [0.25, 0.3) is 0 Å². The number of aryl methyl sites for hydroxylation is 3. The third kappa shape index (κ3) is 4.27. The number of hydrogen-bond acceptors (Lipinski definition) is 5. The van der Waals surface area contributed by atoms with Gasteiger partial charge >= 0.3 is 0 Å². The molecule has 0 bridgehead atoms. The van der Waals surface area contributed by atoms with Crippen molar-refractivity contribution < 1.29 is 9.32 Å². The van der Waals surface area contributed by atoms with Crippen LogP contribution in [0.4, 0.5) is 0 Å². The molecule has 0 unspecified atom stereocenters. The minimum absolute atomic E-state index is 0.236. The van der Waals surface area contributed by atoms with Crippen LogP contribution in [0.3, 0.4) is 0 Å². The van der Waals surface area contributed by atoms with Crippen molar-refractivity contribution in [3.8, 4) is 11.3 Å². The number of hydrogen-bond donors (Lipinski definition) is 0. The average molecular weight is 410 g/mol. The molecule has 0 spiro atoms. The van der Waals surface area contributed by atoms with Crippen LogP contribution in [0.25, 0.3) is 11.3 Å². The summed E-state index contributed by atoms with van der Waals surface area (Å²) in [5, 5.41) is 4.11. The maximum atomic E-state index is 12.6. The number of carbonyl (C=O) groups excluding carboxylic acids is 1. The number of carbonyl (C=O) groups is 1. The molecule has 1 aliphatic rings. The normalized spacial score (nSPS) is 15.1. The van der Waals surface area contributed by atoms with Crippen LogP contribution in [0.15, 0.2) is 34.9 Å². The van der Waals surface area contributed by atoms with E-state index in [1.54, 1.807) is 11.3 Å². The molecule has 0 aliphatic carbocycles. The van der Waals surface area contributed by atoms with Crippen molar-refractivity contribution in [3.05, 3.63) is 57.2 Å². The van der Waals surface area contributed by atoms with Crippen LogP contribution >= 0.6 is 11.3 Å². The van der Waals surface area contributed by atoms with Crippen molar-refractivity contribution in [3.63, 3.8) is 0 Å². The third-order valence-electron chi connectivity index (χ3n) is 5.67. The molecule has 0 N–H and O–H groups in total.